The number of hydrogen-bond donors (Lipinski definition) is 4. The van der Waals surface area contributed by atoms with Gasteiger partial charge in [-0.1, -0.05) is 0 Å². The van der Waals surface area contributed by atoms with Gasteiger partial charge in [-0.25, -0.2) is 15.0 Å². The van der Waals surface area contributed by atoms with Gasteiger partial charge in [0.1, 0.15) is 0 Å². The van der Waals surface area contributed by atoms with Crippen LogP contribution in [0.3, 0.4) is 0 Å². The number of aryl methyl sites for hydroxylation is 2. The normalized spacial score (nSPS) is 11.6. The topological polar surface area (TPSA) is 102 Å². The van der Waals surface area contributed by atoms with Gasteiger partial charge in [-0.05, 0) is 38.1 Å². The van der Waals surface area contributed by atoms with Crippen LogP contribution in [0.5, 0.6) is 0 Å². The molecule has 0 amide bonds. The average Bonchev–Trinajstić information content (AvgIpc) is 2.89. The number of benzene rings is 1. The molecule has 25 heavy (non-hydrogen) atoms. The number of guanidine groups is 1. The van der Waals surface area contributed by atoms with E-state index in [4.69, 9.17) is 5.41 Å². The number of halogens is 3. The van der Waals surface area contributed by atoms with Gasteiger partial charge in [0.2, 0.25) is 11.8 Å². The van der Waals surface area contributed by atoms with Crippen molar-refractivity contribution in [2.45, 2.75) is 20.0 Å². The molecule has 0 radical (unpaired) electrons. The van der Waals surface area contributed by atoms with E-state index < -0.39 is 12.0 Å². The SMILES string of the molecule is Cc1cc(C)nc(NC(=N)Nc2ccc3[nH]c(C(F)(F)F)nc3c2)n1. The molecular formula is C15H14F3N7. The Hall–Kier alpha value is -3.17. The molecule has 0 aliphatic rings. The number of alkyl halides is 3. The maximum Gasteiger partial charge on any atom is 0.449 e. The van der Waals surface area contributed by atoms with Crippen molar-refractivity contribution in [3.63, 3.8) is 0 Å². The Balaban J connectivity index is 1.76. The van der Waals surface area contributed by atoms with Gasteiger partial charge in [0.25, 0.3) is 0 Å². The summed E-state index contributed by atoms with van der Waals surface area (Å²) in [7, 11) is 0. The first-order chi connectivity index (χ1) is 11.7. The highest BCUT2D eigenvalue weighted by Crippen LogP contribution is 2.29. The van der Waals surface area contributed by atoms with Crippen LogP contribution in [0.1, 0.15) is 17.2 Å². The van der Waals surface area contributed by atoms with Crippen LogP contribution in [0.15, 0.2) is 24.3 Å². The van der Waals surface area contributed by atoms with E-state index in [1.807, 2.05) is 0 Å². The van der Waals surface area contributed by atoms with Crippen molar-refractivity contribution >= 4 is 28.6 Å². The second-order valence-electron chi connectivity index (χ2n) is 5.41. The number of aromatic nitrogens is 4. The highest BCUT2D eigenvalue weighted by Gasteiger charge is 2.34. The van der Waals surface area contributed by atoms with Gasteiger partial charge < -0.3 is 10.3 Å². The maximum atomic E-state index is 12.7. The minimum atomic E-state index is -4.54. The van der Waals surface area contributed by atoms with Crippen LogP contribution >= 0.6 is 0 Å². The highest BCUT2D eigenvalue weighted by molar-refractivity contribution is 6.01. The average molecular weight is 349 g/mol. The van der Waals surface area contributed by atoms with Crippen LogP contribution in [0.2, 0.25) is 0 Å². The van der Waals surface area contributed by atoms with E-state index in [2.05, 4.69) is 30.6 Å². The molecule has 0 aliphatic carbocycles. The molecule has 7 nitrogen and oxygen atoms in total. The molecule has 4 N–H and O–H groups in total. The third kappa shape index (κ3) is 3.84. The number of fused-ring (bicyclic) bond motifs is 1. The molecular weight excluding hydrogens is 335 g/mol. The number of nitrogens with one attached hydrogen (secondary N) is 4. The number of anilines is 2. The summed E-state index contributed by atoms with van der Waals surface area (Å²) in [6, 6.07) is 6.21. The molecule has 2 heterocycles. The van der Waals surface area contributed by atoms with E-state index in [9.17, 15) is 13.2 Å². The number of nitrogens with zero attached hydrogens (tertiary/aromatic N) is 3. The zero-order valence-corrected chi connectivity index (χ0v) is 13.3. The molecule has 0 spiro atoms. The first-order valence-corrected chi connectivity index (χ1v) is 7.22. The lowest BCUT2D eigenvalue weighted by molar-refractivity contribution is -0.144. The van der Waals surface area contributed by atoms with Gasteiger partial charge in [-0.3, -0.25) is 10.7 Å². The molecule has 0 fully saturated rings. The van der Waals surface area contributed by atoms with E-state index in [1.165, 1.54) is 12.1 Å². The summed E-state index contributed by atoms with van der Waals surface area (Å²) in [5, 5.41) is 13.3. The number of aromatic amines is 1. The zero-order valence-electron chi connectivity index (χ0n) is 13.3. The molecule has 0 aliphatic heterocycles. The monoisotopic (exact) mass is 349 g/mol. The van der Waals surface area contributed by atoms with Gasteiger partial charge >= 0.3 is 6.18 Å². The van der Waals surface area contributed by atoms with Crippen molar-refractivity contribution in [1.82, 2.24) is 19.9 Å². The fourth-order valence-corrected chi connectivity index (χ4v) is 2.29. The van der Waals surface area contributed by atoms with E-state index in [-0.39, 0.29) is 22.9 Å². The summed E-state index contributed by atoms with van der Waals surface area (Å²) >= 11 is 0. The quantitative estimate of drug-likeness (QED) is 0.419. The van der Waals surface area contributed by atoms with Crippen molar-refractivity contribution < 1.29 is 13.2 Å². The number of imidazole rings is 1. The Morgan fingerprint density at radius 2 is 1.72 bits per heavy atom. The summed E-state index contributed by atoms with van der Waals surface area (Å²) in [4.78, 5) is 14.0. The molecule has 2 aromatic heterocycles. The van der Waals surface area contributed by atoms with Crippen molar-refractivity contribution in [3.8, 4) is 0 Å². The third-order valence-electron chi connectivity index (χ3n) is 3.24. The zero-order chi connectivity index (χ0) is 18.2. The van der Waals surface area contributed by atoms with Gasteiger partial charge in [-0.15, -0.1) is 0 Å². The Morgan fingerprint density at radius 3 is 2.36 bits per heavy atom. The van der Waals surface area contributed by atoms with E-state index in [0.29, 0.717) is 5.69 Å². The fourth-order valence-electron chi connectivity index (χ4n) is 2.29. The summed E-state index contributed by atoms with van der Waals surface area (Å²) in [5.41, 5.74) is 2.32. The van der Waals surface area contributed by atoms with Gasteiger partial charge in [0.05, 0.1) is 11.0 Å². The second-order valence-corrected chi connectivity index (χ2v) is 5.41. The maximum absolute atomic E-state index is 12.7. The number of rotatable bonds is 2. The lowest BCUT2D eigenvalue weighted by atomic mass is 10.3. The van der Waals surface area contributed by atoms with E-state index in [0.717, 1.165) is 11.4 Å². The molecule has 0 saturated carbocycles. The second kappa shape index (κ2) is 6.04. The lowest BCUT2D eigenvalue weighted by Crippen LogP contribution is -2.22. The van der Waals surface area contributed by atoms with Crippen LogP contribution < -0.4 is 10.6 Å². The third-order valence-corrected chi connectivity index (χ3v) is 3.24. The molecule has 3 rings (SSSR count). The Bertz CT molecular complexity index is 926. The molecule has 0 unspecified atom stereocenters. The molecule has 1 aromatic carbocycles. The standard InChI is InChI=1S/C15H14F3N7/c1-7-5-8(2)21-14(20-7)25-13(19)22-9-3-4-10-11(6-9)24-12(23-10)15(16,17)18/h3-6H,1-2H3,(H,23,24)(H3,19,20,21,22,25). The fraction of sp³-hybridized carbons (Fsp3) is 0.200. The van der Waals surface area contributed by atoms with Crippen LogP contribution in [0, 0.1) is 19.3 Å². The van der Waals surface area contributed by atoms with Crippen molar-refractivity contribution in [2.24, 2.45) is 0 Å². The number of hydrogen-bond acceptors (Lipinski definition) is 4. The van der Waals surface area contributed by atoms with Crippen LogP contribution in [0.4, 0.5) is 24.8 Å². The first-order valence-electron chi connectivity index (χ1n) is 7.22. The Labute approximate surface area is 140 Å². The van der Waals surface area contributed by atoms with Gasteiger partial charge in [-0.2, -0.15) is 13.2 Å². The largest absolute Gasteiger partial charge is 0.449 e. The predicted octanol–water partition coefficient (Wildman–Crippen LogP) is 3.45. The van der Waals surface area contributed by atoms with Crippen molar-refractivity contribution in [1.29, 1.82) is 5.41 Å². The molecule has 10 heteroatoms. The van der Waals surface area contributed by atoms with Crippen molar-refractivity contribution in [3.05, 3.63) is 41.5 Å². The Kier molecular flexibility index (Phi) is 4.03. The minimum absolute atomic E-state index is 0.115. The summed E-state index contributed by atoms with van der Waals surface area (Å²) in [5.74, 6) is -0.914. The van der Waals surface area contributed by atoms with Crippen molar-refractivity contribution in [2.75, 3.05) is 10.6 Å². The number of H-pyrrole nitrogens is 1. The molecule has 0 bridgehead atoms. The summed E-state index contributed by atoms with van der Waals surface area (Å²) < 4.78 is 38.0. The molecule has 130 valence electrons. The highest BCUT2D eigenvalue weighted by atomic mass is 19.4. The summed E-state index contributed by atoms with van der Waals surface area (Å²) in [6.45, 7) is 3.61. The molecule has 0 saturated heterocycles. The van der Waals surface area contributed by atoms with Crippen LogP contribution in [-0.4, -0.2) is 25.9 Å². The van der Waals surface area contributed by atoms with Gasteiger partial charge in [0.15, 0.2) is 5.96 Å². The van der Waals surface area contributed by atoms with E-state index >= 15 is 0 Å². The van der Waals surface area contributed by atoms with Gasteiger partial charge in [0, 0.05) is 17.1 Å². The summed E-state index contributed by atoms with van der Waals surface area (Å²) in [6.07, 6.45) is -4.54. The lowest BCUT2D eigenvalue weighted by Gasteiger charge is -2.10. The Morgan fingerprint density at radius 1 is 1.04 bits per heavy atom. The smallest absolute Gasteiger partial charge is 0.334 e. The molecule has 3 aromatic rings. The first kappa shape index (κ1) is 16.7. The van der Waals surface area contributed by atoms with Crippen LogP contribution in [0.25, 0.3) is 11.0 Å². The molecule has 0 atom stereocenters. The minimum Gasteiger partial charge on any atom is -0.334 e. The van der Waals surface area contributed by atoms with Crippen LogP contribution in [-0.2, 0) is 6.18 Å². The predicted molar refractivity (Wildman–Crippen MR) is 87.6 cm³/mol. The van der Waals surface area contributed by atoms with E-state index in [1.54, 1.807) is 26.0 Å².